The molecule has 3 fully saturated rings. The number of unbranched alkanes of at least 4 members (excludes halogenated alkanes) is 1. The molecule has 34 nitrogen and oxygen atoms in total. The summed E-state index contributed by atoms with van der Waals surface area (Å²) in [5.41, 5.74) is 14.5. The fourth-order valence-corrected chi connectivity index (χ4v) is 21.5. The number of ether oxygens (including phenoxy) is 5. The summed E-state index contributed by atoms with van der Waals surface area (Å²) in [5, 5.41) is 58.5. The number of nitrogens with zero attached hydrogens (tertiary/aromatic N) is 2. The second-order valence-electron chi connectivity index (χ2n) is 34.6. The van der Waals surface area contributed by atoms with Crippen molar-refractivity contribution in [2.75, 3.05) is 62.3 Å². The van der Waals surface area contributed by atoms with Crippen molar-refractivity contribution < 1.29 is 101 Å². The lowest BCUT2D eigenvalue weighted by Crippen LogP contribution is -2.63. The maximum atomic E-state index is 15.6. The topological polar surface area (TPSA) is 499 Å². The van der Waals surface area contributed by atoms with Crippen LogP contribution in [0.5, 0.6) is 11.5 Å². The summed E-state index contributed by atoms with van der Waals surface area (Å²) in [6.07, 6.45) is -0.266. The van der Waals surface area contributed by atoms with Gasteiger partial charge in [-0.15, -0.1) is 0 Å². The summed E-state index contributed by atoms with van der Waals surface area (Å²) >= 11 is 6.92. The van der Waals surface area contributed by atoms with E-state index in [1.807, 2.05) is 43.3 Å². The SMILES string of the molecule is COc1cc2cc(c1Cl)N(C)C(=O)C[C@H](OC(=O)[C@H](C)N(C)C(=O)CCSSC(C)(C)[C@H](NC(=O)[C@@H]1CSSC[C@H](NC(=O)[C@@H](Cc3ccccc3)NC(=O)Nc3ccccc3)C(=O)C[C@@H](Cc3ccc(O)cc3)C(=O)N[C@H](CC3=CCc4ccccc43)C(=O)N[C@@H](CCCCN)C(=O)N[C@@H]([C@@H](C)O)C(=O)N1)C(N)=O)[C@]1(C)O[C@H]1[C@H](C)[C@@H]1C[C@@](O)(NC(=O)O1)[C@H](OC)/C=C/C=C(\C)C2. The average Bonchev–Trinajstić information content (AvgIpc) is 1.57. The van der Waals surface area contributed by atoms with E-state index >= 15 is 24.0 Å². The third-order valence-electron chi connectivity index (χ3n) is 24.2. The Morgan fingerprint density at radius 3 is 2.19 bits per heavy atom. The number of hydrogen-bond acceptors (Lipinski definition) is 26. The van der Waals surface area contributed by atoms with Crippen LogP contribution in [0.3, 0.4) is 0 Å². The molecule has 133 heavy (non-hydrogen) atoms. The van der Waals surface area contributed by atoms with Gasteiger partial charge in [0.1, 0.15) is 82.7 Å². The Morgan fingerprint density at radius 2 is 1.50 bits per heavy atom. The molecule has 0 radical (unpaired) electrons. The van der Waals surface area contributed by atoms with E-state index in [-0.39, 0.29) is 85.2 Å². The van der Waals surface area contributed by atoms with Gasteiger partial charge in [-0.3, -0.25) is 53.3 Å². The number of Topliss-reactive ketones (excluding diaryl/α,β-unsaturated/α-hetero) is 1. The van der Waals surface area contributed by atoms with Crippen LogP contribution in [0.2, 0.25) is 5.02 Å². The van der Waals surface area contributed by atoms with Crippen molar-refractivity contribution in [2.24, 2.45) is 23.3 Å². The van der Waals surface area contributed by atoms with Gasteiger partial charge in [-0.1, -0.05) is 177 Å². The minimum atomic E-state index is -1.96. The standard InChI is InChI=1S/C94H120ClN13O21S4/c1-52-23-22-31-74(126-11)94(124)49-73(127-91(123)106-94)53(2)81-93(7,129-81)75(48-77(113)108(9)70-44-58(41-52)45-72(125-10)78(70)95)128-89(121)54(3)107(8)76(112)38-40-130-133-92(5,6)80(82(97)114)105-87(119)69-51-132-131-50-68(101-85(117)66(43-56-24-14-12-15-25-56)103-90(122)98-62-27-16-13-17-28-62)71(111)47-61(42-57-32-36-63(110)37-33-57)83(115)100-67(46-60-35-34-59-26-18-19-29-64(59)60)86(118)99-65(30-20-21-39-96)84(116)104-79(55(4)109)88(120)102-69/h12-19,22-29,31-33,35-37,44-45,53-55,61,65-69,73-75,79-81,109-110,124H,20-21,30,34,38-43,46-51,96H2,1-11H3,(H2,97,114)(H,99,118)(H,100,115)(H,101,117)(H,102,120)(H,104,116)(H,105,119)(H,106,123)(H2,98,103,122)/b31-22+,52-23+/t53-,54+,55-,61-,65+,66-,67-,68+,69+,73+,74-,75+,79+,80-,81+,93+,94+/m1/s1. The molecule has 718 valence electrons. The molecule has 5 aromatic carbocycles. The summed E-state index contributed by atoms with van der Waals surface area (Å²) in [7, 11) is 9.74. The monoisotopic (exact) mass is 1930 g/mol. The zero-order valence-corrected chi connectivity index (χ0v) is 80.1. The maximum absolute atomic E-state index is 15.6. The minimum absolute atomic E-state index is 0.0318. The van der Waals surface area contributed by atoms with E-state index < -0.39 is 202 Å². The third-order valence-corrected chi connectivity index (χ3v) is 30.3. The number of nitrogens with one attached hydrogen (secondary N) is 9. The summed E-state index contributed by atoms with van der Waals surface area (Å²) < 4.78 is 28.5. The number of phenolic OH excluding ortho intramolecular Hbond substituents is 1. The minimum Gasteiger partial charge on any atom is -0.508 e. The highest BCUT2D eigenvalue weighted by atomic mass is 35.5. The van der Waals surface area contributed by atoms with Gasteiger partial charge in [-0.05, 0) is 156 Å². The number of esters is 1. The molecule has 1 aliphatic carbocycles. The highest BCUT2D eigenvalue weighted by Gasteiger charge is 2.65. The number of aliphatic hydroxyl groups is 2. The molecule has 3 saturated heterocycles. The molecule has 12 amide bonds. The first-order chi connectivity index (χ1) is 63.2. The van der Waals surface area contributed by atoms with Gasteiger partial charge < -0.3 is 103 Å². The highest BCUT2D eigenvalue weighted by Crippen LogP contribution is 2.50. The number of primary amides is 1. The van der Waals surface area contributed by atoms with Crippen LogP contribution in [-0.2, 0) is 97.4 Å². The summed E-state index contributed by atoms with van der Waals surface area (Å²) in [6, 6.07) is 21.1. The Bertz CT molecular complexity index is 5120. The van der Waals surface area contributed by atoms with Gasteiger partial charge in [0.2, 0.25) is 53.2 Å². The zero-order valence-electron chi connectivity index (χ0n) is 76.1. The quantitative estimate of drug-likeness (QED) is 0.00962. The number of fused-ring (bicyclic) bond motifs is 6. The largest absolute Gasteiger partial charge is 0.508 e. The van der Waals surface area contributed by atoms with Crippen molar-refractivity contribution >= 4 is 149 Å². The first kappa shape index (κ1) is 104. The fourth-order valence-electron chi connectivity index (χ4n) is 16.2. The number of hydrogen-bond donors (Lipinski definition) is 14. The number of urea groups is 1. The van der Waals surface area contributed by atoms with Crippen molar-refractivity contribution in [3.63, 3.8) is 0 Å². The Hall–Kier alpha value is -10.7. The van der Waals surface area contributed by atoms with Crippen LogP contribution in [0.1, 0.15) is 128 Å². The number of phenols is 1. The summed E-state index contributed by atoms with van der Waals surface area (Å²) in [5.74, 6) is -11.8. The van der Waals surface area contributed by atoms with Gasteiger partial charge in [0, 0.05) is 92.8 Å². The van der Waals surface area contributed by atoms with E-state index in [1.165, 1.54) is 59.2 Å². The number of ketones is 1. The molecule has 4 heterocycles. The van der Waals surface area contributed by atoms with Crippen LogP contribution in [0.15, 0.2) is 151 Å². The number of aromatic hydroxyl groups is 1. The molecular formula is C94H120ClN13O21S4. The Labute approximate surface area is 794 Å². The van der Waals surface area contributed by atoms with Gasteiger partial charge in [-0.25, -0.2) is 14.4 Å². The number of halogens is 1. The second-order valence-corrected chi connectivity index (χ2v) is 40.6. The molecule has 4 aliphatic heterocycles. The number of rotatable bonds is 29. The van der Waals surface area contributed by atoms with Crippen molar-refractivity contribution in [3.05, 3.63) is 184 Å². The number of para-hydroxylation sites is 1. The number of allylic oxidation sites excluding steroid dienone is 4. The molecule has 0 saturated carbocycles. The molecule has 0 aromatic heterocycles. The number of anilines is 2. The van der Waals surface area contributed by atoms with Crippen LogP contribution >= 0.6 is 54.8 Å². The summed E-state index contributed by atoms with van der Waals surface area (Å²) in [6.45, 7) is 11.2. The summed E-state index contributed by atoms with van der Waals surface area (Å²) in [4.78, 5) is 193. The first-order valence-electron chi connectivity index (χ1n) is 43.9. The molecule has 0 unspecified atom stereocenters. The lowest BCUT2D eigenvalue weighted by molar-refractivity contribution is -0.162. The average molecular weight is 1930 g/mol. The van der Waals surface area contributed by atoms with Gasteiger partial charge in [-0.2, -0.15) is 0 Å². The number of epoxide rings is 1. The second kappa shape index (κ2) is 48.0. The smallest absolute Gasteiger partial charge is 0.409 e. The van der Waals surface area contributed by atoms with Crippen LogP contribution in [0, 0.1) is 11.8 Å². The van der Waals surface area contributed by atoms with Gasteiger partial charge >= 0.3 is 18.1 Å². The molecule has 5 aromatic rings. The molecule has 17 atom stereocenters. The molecule has 16 N–H and O–H groups in total. The van der Waals surface area contributed by atoms with Crippen molar-refractivity contribution in [2.45, 2.75) is 220 Å². The van der Waals surface area contributed by atoms with E-state index in [0.29, 0.717) is 47.2 Å². The van der Waals surface area contributed by atoms with Gasteiger partial charge in [0.25, 0.3) is 0 Å². The number of nitrogens with two attached hydrogens (primary N) is 2. The van der Waals surface area contributed by atoms with Crippen molar-refractivity contribution in [3.8, 4) is 11.5 Å². The van der Waals surface area contributed by atoms with Crippen LogP contribution in [0.4, 0.5) is 21.0 Å². The third kappa shape index (κ3) is 28.5. The fraction of sp³-hybridized carbons (Fsp3) is 0.479. The van der Waals surface area contributed by atoms with Crippen LogP contribution < -0.4 is 69.0 Å². The Balaban J connectivity index is 0.888. The molecule has 0 spiro atoms. The molecule has 4 bridgehead atoms. The van der Waals surface area contributed by atoms with E-state index in [9.17, 15) is 53.7 Å². The Kier molecular flexibility index (Phi) is 37.7. The van der Waals surface area contributed by atoms with Crippen molar-refractivity contribution in [1.29, 1.82) is 0 Å². The van der Waals surface area contributed by atoms with Crippen LogP contribution in [-0.4, -0.2) is 244 Å². The molecule has 39 heteroatoms. The lowest BCUT2D eigenvalue weighted by Gasteiger charge is -2.42. The predicted octanol–water partition coefficient (Wildman–Crippen LogP) is 7.35. The number of benzene rings is 5. The van der Waals surface area contributed by atoms with Gasteiger partial charge in [0.05, 0.1) is 37.5 Å². The normalized spacial score (nSPS) is 25.7. The van der Waals surface area contributed by atoms with E-state index in [4.69, 9.17) is 46.8 Å². The van der Waals surface area contributed by atoms with Crippen LogP contribution in [0.25, 0.3) is 5.57 Å². The Morgan fingerprint density at radius 1 is 0.827 bits per heavy atom. The number of aliphatic hydroxyl groups excluding tert-OH is 1. The number of methoxy groups -OCH3 is 2. The van der Waals surface area contributed by atoms with E-state index in [2.05, 4.69) is 47.9 Å². The number of alkyl carbamates (subject to hydrolysis) is 1. The zero-order chi connectivity index (χ0) is 96.8. The molecule has 5 aliphatic rings. The number of carbonyl (C=O) groups is 13. The lowest BCUT2D eigenvalue weighted by atomic mass is 9.83. The predicted molar refractivity (Wildman–Crippen MR) is 510 cm³/mol. The molecular weight excluding hydrogens is 1810 g/mol. The highest BCUT2D eigenvalue weighted by molar-refractivity contribution is 8.77. The number of amides is 12. The molecule has 10 rings (SSSR count). The first-order valence-corrected chi connectivity index (χ1v) is 49.1. The van der Waals surface area contributed by atoms with E-state index in [0.717, 1.165) is 64.8 Å². The van der Waals surface area contributed by atoms with Gasteiger partial charge in [0.15, 0.2) is 11.5 Å². The number of carbonyl (C=O) groups excluding carboxylic acids is 13. The van der Waals surface area contributed by atoms with Crippen molar-refractivity contribution in [1.82, 2.24) is 47.4 Å². The maximum Gasteiger partial charge on any atom is 0.409 e. The van der Waals surface area contributed by atoms with E-state index in [1.54, 1.807) is 125 Å². The number of likely N-dealkylation sites (N-methyl/N-ethyl adjacent to an activating group) is 1.